The second-order valence-electron chi connectivity index (χ2n) is 24.0. The van der Waals surface area contributed by atoms with Crippen LogP contribution in [0.15, 0.2) is 306 Å². The van der Waals surface area contributed by atoms with E-state index in [1.165, 1.54) is 37.3 Å². The molecule has 7 aromatic heterocycles. The van der Waals surface area contributed by atoms with E-state index in [0.29, 0.717) is 34.9 Å². The number of furan rings is 2. The van der Waals surface area contributed by atoms with Crippen molar-refractivity contribution in [2.24, 2.45) is 0 Å². The van der Waals surface area contributed by atoms with Crippen molar-refractivity contribution < 1.29 is 8.83 Å². The quantitative estimate of drug-likeness (QED) is 0.143. The van der Waals surface area contributed by atoms with E-state index >= 15 is 0 Å². The van der Waals surface area contributed by atoms with Gasteiger partial charge in [0.2, 0.25) is 15.9 Å². The fourth-order valence-corrected chi connectivity index (χ4v) is 15.1. The highest BCUT2D eigenvalue weighted by Crippen LogP contribution is 2.42. The van der Waals surface area contributed by atoms with Crippen LogP contribution >= 0.6 is 46.1 Å². The van der Waals surface area contributed by atoms with E-state index in [-0.39, 0.29) is 15.9 Å². The Bertz CT molecular complexity index is 6530. The molecule has 20 rings (SSSR count). The molecule has 0 saturated carbocycles. The average Bonchev–Trinajstić information content (AvgIpc) is 1.64. The van der Waals surface area contributed by atoms with Gasteiger partial charge in [-0.15, -0.1) is 11.3 Å². The lowest BCUT2D eigenvalue weighted by Crippen LogP contribution is -1.98. The summed E-state index contributed by atoms with van der Waals surface area (Å²) < 4.78 is 17.0. The van der Waals surface area contributed by atoms with Crippen LogP contribution in [-0.4, -0.2) is 49.4 Å². The zero-order valence-electron chi connectivity index (χ0n) is 53.1. The minimum absolute atomic E-state index is 0.127. The van der Waals surface area contributed by atoms with Gasteiger partial charge in [0.15, 0.2) is 34.9 Å². The lowest BCUT2D eigenvalue weighted by Gasteiger charge is -2.09. The molecule has 0 atom stereocenters. The summed E-state index contributed by atoms with van der Waals surface area (Å²) in [5.41, 5.74) is 14.2. The molecule has 0 saturated heterocycles. The van der Waals surface area contributed by atoms with Crippen molar-refractivity contribution in [3.05, 3.63) is 313 Å². The molecule has 478 valence electrons. The van der Waals surface area contributed by atoms with Crippen LogP contribution in [0.4, 0.5) is 0 Å². The van der Waals surface area contributed by atoms with E-state index in [9.17, 15) is 0 Å². The molecular weight excluding hydrogens is 1330 g/mol. The van der Waals surface area contributed by atoms with Gasteiger partial charge in [-0.25, -0.2) is 15.0 Å². The smallest absolute Gasteiger partial charge is 0.226 e. The minimum atomic E-state index is 0.127. The summed E-state index contributed by atoms with van der Waals surface area (Å²) >= 11 is 20.8. The normalized spacial score (nSPS) is 11.5. The third-order valence-electron chi connectivity index (χ3n) is 18.0. The number of hydrogen-bond donors (Lipinski definition) is 0. The summed E-state index contributed by atoms with van der Waals surface area (Å²) in [4.78, 5) is 40.8. The maximum Gasteiger partial charge on any atom is 0.226 e. The molecule has 20 aromatic rings. The first-order valence-corrected chi connectivity index (χ1v) is 34.4. The van der Waals surface area contributed by atoms with Gasteiger partial charge in [-0.05, 0) is 129 Å². The monoisotopic (exact) mass is 1380 g/mol. The molecule has 13 aromatic carbocycles. The van der Waals surface area contributed by atoms with Crippen LogP contribution in [-0.2, 0) is 0 Å². The molecule has 12 nitrogen and oxygen atoms in total. The number of rotatable bonds is 8. The Balaban J connectivity index is 0.000000113. The zero-order valence-corrected chi connectivity index (χ0v) is 56.2. The third kappa shape index (κ3) is 11.4. The van der Waals surface area contributed by atoms with Crippen molar-refractivity contribution in [3.8, 4) is 85.1 Å². The minimum Gasteiger partial charge on any atom is -0.456 e. The number of fused-ring (bicyclic) bond motifs is 13. The van der Waals surface area contributed by atoms with E-state index in [1.54, 1.807) is 11.3 Å². The number of para-hydroxylation sites is 5. The molecule has 7 heterocycles. The van der Waals surface area contributed by atoms with E-state index in [4.69, 9.17) is 53.6 Å². The Hall–Kier alpha value is -12.4. The molecular formula is C85H49Cl3N10O2S. The summed E-state index contributed by atoms with van der Waals surface area (Å²) in [5.74, 6) is 3.25. The summed E-state index contributed by atoms with van der Waals surface area (Å²) in [6.07, 6.45) is 0. The summed E-state index contributed by atoms with van der Waals surface area (Å²) in [7, 11) is 0. The molecule has 0 bridgehead atoms. The van der Waals surface area contributed by atoms with Crippen molar-refractivity contribution in [2.75, 3.05) is 0 Å². The second-order valence-corrected chi connectivity index (χ2v) is 26.0. The van der Waals surface area contributed by atoms with Gasteiger partial charge in [-0.2, -0.15) is 29.9 Å². The molecule has 0 radical (unpaired) electrons. The molecule has 0 aliphatic heterocycles. The van der Waals surface area contributed by atoms with E-state index < -0.39 is 0 Å². The van der Waals surface area contributed by atoms with Crippen LogP contribution in [0, 0.1) is 0 Å². The number of hydrogen-bond acceptors (Lipinski definition) is 12. The average molecular weight is 1380 g/mol. The Morgan fingerprint density at radius 1 is 0.267 bits per heavy atom. The van der Waals surface area contributed by atoms with Gasteiger partial charge in [0, 0.05) is 86.0 Å². The van der Waals surface area contributed by atoms with Crippen LogP contribution in [0.25, 0.3) is 182 Å². The van der Waals surface area contributed by atoms with Gasteiger partial charge >= 0.3 is 0 Å². The van der Waals surface area contributed by atoms with Crippen LogP contribution in [0.5, 0.6) is 0 Å². The zero-order chi connectivity index (χ0) is 67.5. The van der Waals surface area contributed by atoms with Crippen molar-refractivity contribution >= 4 is 143 Å². The van der Waals surface area contributed by atoms with Crippen molar-refractivity contribution in [2.45, 2.75) is 0 Å². The highest BCUT2D eigenvalue weighted by Gasteiger charge is 2.21. The first kappa shape index (κ1) is 61.0. The maximum absolute atomic E-state index is 6.46. The molecule has 101 heavy (non-hydrogen) atoms. The van der Waals surface area contributed by atoms with Crippen molar-refractivity contribution in [3.63, 3.8) is 0 Å². The predicted molar refractivity (Wildman–Crippen MR) is 412 cm³/mol. The first-order chi connectivity index (χ1) is 49.8. The van der Waals surface area contributed by atoms with Crippen LogP contribution in [0.2, 0.25) is 15.9 Å². The molecule has 0 aliphatic carbocycles. The maximum atomic E-state index is 6.46. The van der Waals surface area contributed by atoms with Crippen molar-refractivity contribution in [1.82, 2.24) is 49.4 Å². The number of thiophene rings is 1. The standard InChI is InChI=1S/C33H19ClN4S.C33H18ClN3O2.C19H12ClN3/c34-33-36-31(35-32(37-33)26-12-7-11-25-24-10-3-6-15-29(24)39-30(25)26)20-16-18-21(19-17-20)38-27-13-4-1-8-22(27)23-9-2-5-14-28(23)38;34-33-36-31(35-32(37-33)25-11-5-10-23-22-7-1-3-12-26(22)39-30(23)25)20-17-15-19(16-18-20)21-9-6-14-28-29(21)24-8-2-4-13-27(24)38-28;20-19-22-17(14-8-2-1-3-9-14)21-18(23-19)16-12-6-10-13-7-4-5-11-15(13)16/h1-19H;1-18H;1-12H. The highest BCUT2D eigenvalue weighted by atomic mass is 35.5. The fraction of sp³-hybridized carbons (Fsp3) is 0. The fourth-order valence-electron chi connectivity index (χ4n) is 13.4. The van der Waals surface area contributed by atoms with E-state index in [2.05, 4.69) is 185 Å². The topological polar surface area (TPSA) is 147 Å². The largest absolute Gasteiger partial charge is 0.456 e. The van der Waals surface area contributed by atoms with Crippen LogP contribution < -0.4 is 0 Å². The van der Waals surface area contributed by atoms with Crippen LogP contribution in [0.3, 0.4) is 0 Å². The summed E-state index contributed by atoms with van der Waals surface area (Å²) in [6.45, 7) is 0. The van der Waals surface area contributed by atoms with E-state index in [1.807, 2.05) is 152 Å². The molecule has 0 fully saturated rings. The van der Waals surface area contributed by atoms with Gasteiger partial charge in [-0.3, -0.25) is 0 Å². The summed E-state index contributed by atoms with van der Waals surface area (Å²) in [5, 5.41) is 11.9. The number of halogens is 3. The first-order valence-electron chi connectivity index (χ1n) is 32.5. The molecule has 0 unspecified atom stereocenters. The van der Waals surface area contributed by atoms with Gasteiger partial charge in [0.1, 0.15) is 22.3 Å². The summed E-state index contributed by atoms with van der Waals surface area (Å²) in [6, 6.07) is 100. The second kappa shape index (κ2) is 25.8. The number of aromatic nitrogens is 10. The molecule has 0 amide bonds. The Labute approximate surface area is 595 Å². The lowest BCUT2D eigenvalue weighted by atomic mass is 9.98. The predicted octanol–water partition coefficient (Wildman–Crippen LogP) is 23.7. The molecule has 0 N–H and O–H groups in total. The van der Waals surface area contributed by atoms with Gasteiger partial charge < -0.3 is 13.4 Å². The highest BCUT2D eigenvalue weighted by molar-refractivity contribution is 7.26. The van der Waals surface area contributed by atoms with Gasteiger partial charge in [-0.1, -0.05) is 224 Å². The van der Waals surface area contributed by atoms with Crippen molar-refractivity contribution in [1.29, 1.82) is 0 Å². The number of benzene rings is 13. The SMILES string of the molecule is Clc1nc(-c2ccc(-c3cccc4oc5ccccc5c34)cc2)nc(-c2cccc3c2oc2ccccc23)n1.Clc1nc(-c2ccc(-n3c4ccccc4c4ccccc43)cc2)nc(-c2cccc3c2sc2ccccc23)n1.Clc1nc(-c2ccccc2)nc(-c2cccc3ccccc23)n1. The third-order valence-corrected chi connectivity index (χ3v) is 19.7. The van der Waals surface area contributed by atoms with Gasteiger partial charge in [0.05, 0.1) is 16.6 Å². The Morgan fingerprint density at radius 2 is 0.693 bits per heavy atom. The Morgan fingerprint density at radius 3 is 1.37 bits per heavy atom. The van der Waals surface area contributed by atoms with Crippen LogP contribution in [0.1, 0.15) is 0 Å². The lowest BCUT2D eigenvalue weighted by molar-refractivity contribution is 0.669. The van der Waals surface area contributed by atoms with Gasteiger partial charge in [0.25, 0.3) is 0 Å². The molecule has 0 aliphatic rings. The molecule has 0 spiro atoms. The number of nitrogens with zero attached hydrogens (tertiary/aromatic N) is 10. The van der Waals surface area contributed by atoms with E-state index in [0.717, 1.165) is 110 Å². The Kier molecular flexibility index (Phi) is 15.6. The molecule has 16 heteroatoms.